The Hall–Kier alpha value is -3.51. The van der Waals surface area contributed by atoms with Crippen LogP contribution >= 0.6 is 11.6 Å². The number of benzene rings is 3. The number of phenols is 1. The van der Waals surface area contributed by atoms with Crippen molar-refractivity contribution in [3.8, 4) is 5.75 Å². The van der Waals surface area contributed by atoms with E-state index in [-0.39, 0.29) is 11.3 Å². The summed E-state index contributed by atoms with van der Waals surface area (Å²) in [6.45, 7) is 0. The Labute approximate surface area is 160 Å². The smallest absolute Gasteiger partial charge is 0.297 e. The number of nitrogens with one attached hydrogen (secondary N) is 1. The minimum atomic E-state index is -0.447. The molecule has 2 N–H and O–H groups in total. The van der Waals surface area contributed by atoms with E-state index in [2.05, 4.69) is 10.5 Å². The SMILES string of the molecule is O=C(c1ccccc1O)N1NC(c2ccccc2)=NN1c1ccc(Cl)cc1. The minimum absolute atomic E-state index is 0.103. The second kappa shape index (κ2) is 7.01. The molecule has 7 heteroatoms. The number of hydrazone groups is 1. The minimum Gasteiger partial charge on any atom is -0.507 e. The van der Waals surface area contributed by atoms with E-state index in [4.69, 9.17) is 11.6 Å². The Kier molecular flexibility index (Phi) is 4.40. The Balaban J connectivity index is 1.74. The van der Waals surface area contributed by atoms with Crippen molar-refractivity contribution in [1.82, 2.24) is 10.5 Å². The topological polar surface area (TPSA) is 68.2 Å². The molecule has 27 heavy (non-hydrogen) atoms. The molecule has 0 unspecified atom stereocenters. The lowest BCUT2D eigenvalue weighted by atomic mass is 10.2. The number of hydrazine groups is 2. The zero-order chi connectivity index (χ0) is 18.8. The first-order valence-corrected chi connectivity index (χ1v) is 8.60. The average Bonchev–Trinajstić information content (AvgIpc) is 3.14. The molecule has 134 valence electrons. The van der Waals surface area contributed by atoms with Crippen LogP contribution in [0.15, 0.2) is 84.0 Å². The van der Waals surface area contributed by atoms with Crippen LogP contribution in [0, 0.1) is 0 Å². The van der Waals surface area contributed by atoms with Crippen molar-refractivity contribution < 1.29 is 9.90 Å². The van der Waals surface area contributed by atoms with E-state index in [1.54, 1.807) is 42.5 Å². The molecule has 0 saturated carbocycles. The summed E-state index contributed by atoms with van der Waals surface area (Å²) < 4.78 is 0. The lowest BCUT2D eigenvalue weighted by Gasteiger charge is -2.26. The molecule has 1 aliphatic rings. The quantitative estimate of drug-likeness (QED) is 0.727. The van der Waals surface area contributed by atoms with Gasteiger partial charge in [-0.25, -0.2) is 0 Å². The Morgan fingerprint density at radius 1 is 0.926 bits per heavy atom. The molecule has 0 aliphatic carbocycles. The molecule has 4 rings (SSSR count). The summed E-state index contributed by atoms with van der Waals surface area (Å²) in [6, 6.07) is 22.8. The third kappa shape index (κ3) is 3.30. The van der Waals surface area contributed by atoms with Gasteiger partial charge in [0.25, 0.3) is 5.91 Å². The van der Waals surface area contributed by atoms with E-state index < -0.39 is 5.91 Å². The number of aromatic hydroxyl groups is 1. The monoisotopic (exact) mass is 378 g/mol. The summed E-state index contributed by atoms with van der Waals surface area (Å²) in [5.41, 5.74) is 4.64. The number of anilines is 1. The van der Waals surface area contributed by atoms with Crippen LogP contribution in [0.5, 0.6) is 5.75 Å². The number of amides is 1. The third-order valence-electron chi connectivity index (χ3n) is 4.03. The maximum absolute atomic E-state index is 13.1. The zero-order valence-electron chi connectivity index (χ0n) is 14.1. The molecule has 0 atom stereocenters. The normalized spacial score (nSPS) is 13.3. The van der Waals surface area contributed by atoms with Crippen molar-refractivity contribution in [2.45, 2.75) is 0 Å². The van der Waals surface area contributed by atoms with Gasteiger partial charge in [0.2, 0.25) is 0 Å². The fourth-order valence-electron chi connectivity index (χ4n) is 2.68. The van der Waals surface area contributed by atoms with Crippen molar-refractivity contribution in [1.29, 1.82) is 0 Å². The first-order chi connectivity index (χ1) is 13.1. The standard InChI is InChI=1S/C20H15ClN4O2/c21-15-10-12-16(13-11-15)24-22-19(14-6-2-1-3-7-14)23-25(24)20(27)17-8-4-5-9-18(17)26/h1-13,26H,(H,22,23). The van der Waals surface area contributed by atoms with E-state index in [0.29, 0.717) is 16.5 Å². The fraction of sp³-hybridized carbons (Fsp3) is 0. The molecule has 3 aromatic carbocycles. The maximum Gasteiger partial charge on any atom is 0.297 e. The highest BCUT2D eigenvalue weighted by Crippen LogP contribution is 2.26. The van der Waals surface area contributed by atoms with Gasteiger partial charge in [-0.3, -0.25) is 10.2 Å². The second-order valence-corrected chi connectivity index (χ2v) is 6.26. The van der Waals surface area contributed by atoms with Crippen LogP contribution in [0.4, 0.5) is 5.69 Å². The summed E-state index contributed by atoms with van der Waals surface area (Å²) >= 11 is 5.97. The third-order valence-corrected chi connectivity index (χ3v) is 4.28. The first-order valence-electron chi connectivity index (χ1n) is 8.22. The molecule has 0 spiro atoms. The number of carbonyl (C=O) groups is 1. The number of para-hydroxylation sites is 1. The highest BCUT2D eigenvalue weighted by atomic mass is 35.5. The molecule has 0 saturated heterocycles. The number of hydrogen-bond acceptors (Lipinski definition) is 5. The number of carbonyl (C=O) groups excluding carboxylic acids is 1. The Morgan fingerprint density at radius 2 is 1.59 bits per heavy atom. The molecule has 1 amide bonds. The van der Waals surface area contributed by atoms with Crippen LogP contribution in [0.1, 0.15) is 15.9 Å². The van der Waals surface area contributed by atoms with Gasteiger partial charge in [-0.05, 0) is 36.4 Å². The van der Waals surface area contributed by atoms with Gasteiger partial charge >= 0.3 is 0 Å². The van der Waals surface area contributed by atoms with Gasteiger partial charge in [-0.2, -0.15) is 0 Å². The highest BCUT2D eigenvalue weighted by Gasteiger charge is 2.32. The van der Waals surface area contributed by atoms with Crippen molar-refractivity contribution in [3.63, 3.8) is 0 Å². The summed E-state index contributed by atoms with van der Waals surface area (Å²) in [6.07, 6.45) is 0. The predicted molar refractivity (Wildman–Crippen MR) is 104 cm³/mol. The molecule has 3 aromatic rings. The first kappa shape index (κ1) is 16.9. The van der Waals surface area contributed by atoms with Gasteiger partial charge in [0, 0.05) is 10.6 Å². The number of amidine groups is 1. The highest BCUT2D eigenvalue weighted by molar-refractivity contribution is 6.30. The molecule has 6 nitrogen and oxygen atoms in total. The van der Waals surface area contributed by atoms with Crippen LogP contribution < -0.4 is 10.5 Å². The van der Waals surface area contributed by atoms with Crippen LogP contribution in [-0.2, 0) is 0 Å². The number of rotatable bonds is 3. The van der Waals surface area contributed by atoms with E-state index in [1.165, 1.54) is 16.3 Å². The van der Waals surface area contributed by atoms with Gasteiger partial charge < -0.3 is 5.11 Å². The number of nitrogens with zero attached hydrogens (tertiary/aromatic N) is 3. The number of phenolic OH excluding ortho intramolecular Hbond substituents is 1. The zero-order valence-corrected chi connectivity index (χ0v) is 14.8. The van der Waals surface area contributed by atoms with Gasteiger partial charge in [0.05, 0.1) is 11.3 Å². The number of hydrogen-bond donors (Lipinski definition) is 2. The van der Waals surface area contributed by atoms with Gasteiger partial charge in [0.15, 0.2) is 5.84 Å². The van der Waals surface area contributed by atoms with E-state index in [1.807, 2.05) is 30.3 Å². The van der Waals surface area contributed by atoms with Crippen LogP contribution in [0.3, 0.4) is 0 Å². The largest absolute Gasteiger partial charge is 0.507 e. The molecule has 1 aliphatic heterocycles. The molecule has 1 heterocycles. The van der Waals surface area contributed by atoms with Crippen LogP contribution in [0.25, 0.3) is 0 Å². The predicted octanol–water partition coefficient (Wildman–Crippen LogP) is 3.79. The van der Waals surface area contributed by atoms with Crippen molar-refractivity contribution in [2.75, 3.05) is 5.12 Å². The lowest BCUT2D eigenvalue weighted by Crippen LogP contribution is -2.48. The lowest BCUT2D eigenvalue weighted by molar-refractivity contribution is 0.0707. The molecular formula is C20H15ClN4O2. The van der Waals surface area contributed by atoms with E-state index in [0.717, 1.165) is 5.56 Å². The summed E-state index contributed by atoms with van der Waals surface area (Å²) in [7, 11) is 0. The summed E-state index contributed by atoms with van der Waals surface area (Å²) in [5, 5.41) is 17.9. The molecule has 0 fully saturated rings. The van der Waals surface area contributed by atoms with Crippen molar-refractivity contribution in [3.05, 3.63) is 95.0 Å². The number of halogens is 1. The van der Waals surface area contributed by atoms with Crippen molar-refractivity contribution >= 4 is 29.0 Å². The second-order valence-electron chi connectivity index (χ2n) is 5.83. The average molecular weight is 379 g/mol. The van der Waals surface area contributed by atoms with Crippen LogP contribution in [0.2, 0.25) is 5.02 Å². The van der Waals surface area contributed by atoms with Gasteiger partial charge in [-0.1, -0.05) is 54.1 Å². The molecule has 0 bridgehead atoms. The summed E-state index contributed by atoms with van der Waals surface area (Å²) in [4.78, 5) is 13.1. The molecular weight excluding hydrogens is 364 g/mol. The molecule has 0 radical (unpaired) electrons. The van der Waals surface area contributed by atoms with Gasteiger partial charge in [-0.15, -0.1) is 15.3 Å². The van der Waals surface area contributed by atoms with Crippen LogP contribution in [-0.4, -0.2) is 22.0 Å². The van der Waals surface area contributed by atoms with Gasteiger partial charge in [0.1, 0.15) is 5.75 Å². The van der Waals surface area contributed by atoms with E-state index >= 15 is 0 Å². The Bertz CT molecular complexity index is 1010. The molecule has 0 aromatic heterocycles. The summed E-state index contributed by atoms with van der Waals surface area (Å²) in [5.74, 6) is -0.0411. The van der Waals surface area contributed by atoms with Crippen molar-refractivity contribution in [2.24, 2.45) is 5.10 Å². The fourth-order valence-corrected chi connectivity index (χ4v) is 2.81. The maximum atomic E-state index is 13.1. The van der Waals surface area contributed by atoms with E-state index in [9.17, 15) is 9.90 Å². The Morgan fingerprint density at radius 3 is 2.30 bits per heavy atom.